The van der Waals surface area contributed by atoms with Crippen LogP contribution < -0.4 is 5.32 Å². The average Bonchev–Trinajstić information content (AvgIpc) is 2.17. The van der Waals surface area contributed by atoms with E-state index in [1.54, 1.807) is 6.08 Å². The zero-order valence-corrected chi connectivity index (χ0v) is 10.0. The van der Waals surface area contributed by atoms with Gasteiger partial charge in [-0.2, -0.15) is 0 Å². The van der Waals surface area contributed by atoms with Crippen molar-refractivity contribution in [2.24, 2.45) is 0 Å². The Kier molecular flexibility index (Phi) is 3.93. The van der Waals surface area contributed by atoms with Gasteiger partial charge in [0.25, 0.3) is 0 Å². The van der Waals surface area contributed by atoms with E-state index in [9.17, 15) is 12.6 Å². The summed E-state index contributed by atoms with van der Waals surface area (Å²) >= 11 is -4.87. The monoisotopic (exact) mass is 277 g/mol. The first-order chi connectivity index (χ1) is 6.97. The molecule has 0 aromatic heterocycles. The van der Waals surface area contributed by atoms with Crippen molar-refractivity contribution >= 4 is 20.1 Å². The molecule has 0 fully saturated rings. The fourth-order valence-corrected chi connectivity index (χ4v) is 3.17. The predicted octanol–water partition coefficient (Wildman–Crippen LogP) is 0.117. The molecule has 0 bridgehead atoms. The first-order valence-corrected chi connectivity index (χ1v) is 7.63. The van der Waals surface area contributed by atoms with Crippen LogP contribution in [0.15, 0.2) is 22.2 Å². The molecule has 1 unspecified atom stereocenters. The van der Waals surface area contributed by atoms with Crippen LogP contribution in [0, 0.1) is 0 Å². The third kappa shape index (κ3) is 3.07. The summed E-state index contributed by atoms with van der Waals surface area (Å²) in [5.74, 6) is -0.345. The third-order valence-electron chi connectivity index (χ3n) is 1.85. The van der Waals surface area contributed by atoms with E-state index >= 15 is 0 Å². The second-order valence-electron chi connectivity index (χ2n) is 3.07. The first-order valence-electron chi connectivity index (χ1n) is 4.32. The predicted molar refractivity (Wildman–Crippen MR) is 51.6 cm³/mol. The number of allylic oxidation sites excluding steroid dienone is 3. The van der Waals surface area contributed by atoms with Gasteiger partial charge in [-0.15, -0.1) is 0 Å². The maximum absolute atomic E-state index is 11.4. The van der Waals surface area contributed by atoms with E-state index in [2.05, 4.69) is 9.19 Å². The van der Waals surface area contributed by atoms with E-state index in [0.717, 1.165) is 0 Å². The van der Waals surface area contributed by atoms with Crippen LogP contribution in [0.3, 0.4) is 0 Å². The summed E-state index contributed by atoms with van der Waals surface area (Å²) < 4.78 is 24.3. The Morgan fingerprint density at radius 2 is 2.13 bits per heavy atom. The number of carbonyl (C=O) groups excluding carboxylic acids is 1. The van der Waals surface area contributed by atoms with Gasteiger partial charge >= 0.3 is 89.1 Å². The van der Waals surface area contributed by atoms with Crippen LogP contribution in [0.25, 0.3) is 0 Å². The maximum atomic E-state index is 11.4. The number of hydrogen-bond acceptors (Lipinski definition) is 4. The van der Waals surface area contributed by atoms with Gasteiger partial charge in [0.15, 0.2) is 0 Å². The quantitative estimate of drug-likeness (QED) is 0.387. The molecule has 0 spiro atoms. The van der Waals surface area contributed by atoms with Gasteiger partial charge in [-0.3, -0.25) is 0 Å². The number of amides is 1. The van der Waals surface area contributed by atoms with Gasteiger partial charge in [0.1, 0.15) is 0 Å². The average molecular weight is 277 g/mol. The molecule has 1 rings (SSSR count). The Balaban J connectivity index is 2.96. The molecule has 1 atom stereocenters. The Hall–Kier alpha value is -0.812. The topological polar surface area (TPSA) is 95.9 Å². The van der Waals surface area contributed by atoms with Crippen molar-refractivity contribution < 1.29 is 21.8 Å². The number of nitrogens with one attached hydrogen (secondary N) is 1. The molecule has 84 valence electrons. The molecule has 3 N–H and O–H groups in total. The summed E-state index contributed by atoms with van der Waals surface area (Å²) in [5, 5.41) is 10.7. The summed E-state index contributed by atoms with van der Waals surface area (Å²) in [6, 6.07) is 0. The Labute approximate surface area is 89.5 Å². The van der Waals surface area contributed by atoms with Gasteiger partial charge in [-0.25, -0.2) is 0 Å². The van der Waals surface area contributed by atoms with Crippen LogP contribution in [0.4, 0.5) is 0 Å². The van der Waals surface area contributed by atoms with Gasteiger partial charge in [-0.05, 0) is 0 Å². The number of carbonyl (C=O) groups is 1. The van der Waals surface area contributed by atoms with Gasteiger partial charge in [0.05, 0.1) is 0 Å². The molecular formula is C8H12AsNO5. The minimum absolute atomic E-state index is 0.0166. The standard InChI is InChI=1S/C8H12AsNO5/c1-6(11)10-8-5-3-2-4-7(8)9(12,13)15-14/h4-5,14H,2-3H2,1H3,(H,10,11)(H,12,13). The molecular weight excluding hydrogens is 265 g/mol. The van der Waals surface area contributed by atoms with E-state index in [-0.39, 0.29) is 16.0 Å². The van der Waals surface area contributed by atoms with Crippen LogP contribution in [0.5, 0.6) is 0 Å². The summed E-state index contributed by atoms with van der Waals surface area (Å²) in [6.45, 7) is 1.29. The van der Waals surface area contributed by atoms with Crippen molar-refractivity contribution in [3.05, 3.63) is 22.2 Å². The van der Waals surface area contributed by atoms with E-state index in [1.807, 2.05) is 0 Å². The second-order valence-corrected chi connectivity index (χ2v) is 6.60. The van der Waals surface area contributed by atoms with E-state index in [0.29, 0.717) is 12.8 Å². The first kappa shape index (κ1) is 12.3. The number of hydrogen-bond donors (Lipinski definition) is 3. The van der Waals surface area contributed by atoms with Crippen molar-refractivity contribution in [2.45, 2.75) is 19.8 Å². The van der Waals surface area contributed by atoms with Crippen molar-refractivity contribution in [1.29, 1.82) is 0 Å². The summed E-state index contributed by atoms with van der Waals surface area (Å²) in [6.07, 6.45) is 4.36. The van der Waals surface area contributed by atoms with Gasteiger partial charge in [0, 0.05) is 0 Å². The molecule has 6 nitrogen and oxygen atoms in total. The number of rotatable bonds is 3. The fraction of sp³-hybridized carbons (Fsp3) is 0.375. The van der Waals surface area contributed by atoms with E-state index in [4.69, 9.17) is 5.26 Å². The zero-order chi connectivity index (χ0) is 11.5. The minimum atomic E-state index is -4.87. The second kappa shape index (κ2) is 4.81. The van der Waals surface area contributed by atoms with Crippen LogP contribution >= 0.6 is 0 Å². The third-order valence-corrected chi connectivity index (χ3v) is 4.48. The van der Waals surface area contributed by atoms with Gasteiger partial charge < -0.3 is 0 Å². The van der Waals surface area contributed by atoms with Crippen molar-refractivity contribution in [2.75, 3.05) is 0 Å². The summed E-state index contributed by atoms with van der Waals surface area (Å²) in [7, 11) is 0. The fourth-order valence-electron chi connectivity index (χ4n) is 1.28. The van der Waals surface area contributed by atoms with E-state index in [1.165, 1.54) is 13.0 Å². The molecule has 1 aliphatic rings. The van der Waals surface area contributed by atoms with Gasteiger partial charge in [-0.1, -0.05) is 0 Å². The van der Waals surface area contributed by atoms with Crippen LogP contribution in [0.1, 0.15) is 19.8 Å². The van der Waals surface area contributed by atoms with Crippen molar-refractivity contribution in [3.8, 4) is 0 Å². The SMILES string of the molecule is CC(=O)NC1=CCCC=C1[As](=O)(O)OO. The molecule has 0 heterocycles. The van der Waals surface area contributed by atoms with E-state index < -0.39 is 14.2 Å². The Morgan fingerprint density at radius 3 is 2.67 bits per heavy atom. The summed E-state index contributed by atoms with van der Waals surface area (Å²) in [5.41, 5.74) is 0.243. The normalized spacial score (nSPS) is 19.9. The zero-order valence-electron chi connectivity index (χ0n) is 8.14. The summed E-state index contributed by atoms with van der Waals surface area (Å²) in [4.78, 5) is 10.8. The molecule has 1 amide bonds. The Bertz CT molecular complexity index is 373. The molecule has 0 saturated heterocycles. The molecule has 0 radical (unpaired) electrons. The molecule has 7 heteroatoms. The Morgan fingerprint density at radius 1 is 1.53 bits per heavy atom. The van der Waals surface area contributed by atoms with Crippen molar-refractivity contribution in [3.63, 3.8) is 0 Å². The van der Waals surface area contributed by atoms with Crippen molar-refractivity contribution in [1.82, 2.24) is 5.32 Å². The molecule has 0 aromatic carbocycles. The van der Waals surface area contributed by atoms with Crippen LogP contribution in [0.2, 0.25) is 0 Å². The van der Waals surface area contributed by atoms with Crippen LogP contribution in [-0.2, 0) is 12.4 Å². The molecule has 15 heavy (non-hydrogen) atoms. The van der Waals surface area contributed by atoms with Crippen LogP contribution in [-0.4, -0.2) is 29.4 Å². The molecule has 0 aliphatic heterocycles. The molecule has 1 aliphatic carbocycles. The van der Waals surface area contributed by atoms with Gasteiger partial charge in [0.2, 0.25) is 0 Å². The molecule has 0 saturated carbocycles. The molecule has 0 aromatic rings.